The number of rotatable bonds is 1. The SMILES string of the molecule is CC(O)[CH]C(C)(C)C. The second-order valence-electron chi connectivity index (χ2n) is 3.27. The summed E-state index contributed by atoms with van der Waals surface area (Å²) in [5.41, 5.74) is 0.147. The normalized spacial score (nSPS) is 16.1. The van der Waals surface area contributed by atoms with Crippen molar-refractivity contribution in [1.82, 2.24) is 0 Å². The highest BCUT2D eigenvalue weighted by molar-refractivity contribution is 4.84. The third-order valence-corrected chi connectivity index (χ3v) is 0.741. The molecule has 8 heavy (non-hydrogen) atoms. The molecular formula is C7H15O. The molecule has 0 aliphatic rings. The van der Waals surface area contributed by atoms with Gasteiger partial charge >= 0.3 is 0 Å². The monoisotopic (exact) mass is 115 g/mol. The standard InChI is InChI=1S/C7H15O/c1-6(8)5-7(2,3)4/h5-6,8H,1-4H3. The first-order chi connectivity index (χ1) is 3.42. The lowest BCUT2D eigenvalue weighted by molar-refractivity contribution is 0.198. The van der Waals surface area contributed by atoms with Gasteiger partial charge in [-0.1, -0.05) is 20.8 Å². The van der Waals surface area contributed by atoms with E-state index in [1.165, 1.54) is 0 Å². The van der Waals surface area contributed by atoms with Gasteiger partial charge < -0.3 is 5.11 Å². The lowest BCUT2D eigenvalue weighted by Gasteiger charge is -2.18. The van der Waals surface area contributed by atoms with E-state index in [4.69, 9.17) is 5.11 Å². The second kappa shape index (κ2) is 2.49. The molecule has 0 aromatic heterocycles. The van der Waals surface area contributed by atoms with Crippen LogP contribution >= 0.6 is 0 Å². The van der Waals surface area contributed by atoms with Gasteiger partial charge in [0.1, 0.15) is 0 Å². The summed E-state index contributed by atoms with van der Waals surface area (Å²) in [6, 6.07) is 0. The van der Waals surface area contributed by atoms with E-state index in [0.717, 1.165) is 0 Å². The molecule has 0 rings (SSSR count). The van der Waals surface area contributed by atoms with Crippen LogP contribution in [0.4, 0.5) is 0 Å². The van der Waals surface area contributed by atoms with Crippen molar-refractivity contribution in [2.75, 3.05) is 0 Å². The summed E-state index contributed by atoms with van der Waals surface area (Å²) in [6.07, 6.45) is 1.63. The van der Waals surface area contributed by atoms with E-state index in [-0.39, 0.29) is 11.5 Å². The highest BCUT2D eigenvalue weighted by atomic mass is 16.3. The molecule has 1 nitrogen and oxygen atoms in total. The minimum Gasteiger partial charge on any atom is -0.393 e. The van der Waals surface area contributed by atoms with E-state index < -0.39 is 0 Å². The predicted octanol–water partition coefficient (Wildman–Crippen LogP) is 1.62. The van der Waals surface area contributed by atoms with Gasteiger partial charge in [0, 0.05) is 0 Å². The van der Waals surface area contributed by atoms with Crippen molar-refractivity contribution in [2.45, 2.75) is 33.8 Å². The van der Waals surface area contributed by atoms with Crippen molar-refractivity contribution in [3.63, 3.8) is 0 Å². The molecule has 1 radical (unpaired) electrons. The van der Waals surface area contributed by atoms with Gasteiger partial charge in [0.05, 0.1) is 6.10 Å². The quantitative estimate of drug-likeness (QED) is 0.550. The maximum absolute atomic E-state index is 8.83. The maximum Gasteiger partial charge on any atom is 0.0549 e. The molecule has 0 amide bonds. The summed E-state index contributed by atoms with van der Waals surface area (Å²) in [7, 11) is 0. The van der Waals surface area contributed by atoms with Gasteiger partial charge in [0.2, 0.25) is 0 Å². The van der Waals surface area contributed by atoms with Crippen LogP contribution in [-0.4, -0.2) is 11.2 Å². The van der Waals surface area contributed by atoms with Gasteiger partial charge in [-0.15, -0.1) is 0 Å². The molecule has 49 valence electrons. The zero-order chi connectivity index (χ0) is 6.78. The van der Waals surface area contributed by atoms with Crippen LogP contribution in [0, 0.1) is 11.8 Å². The van der Waals surface area contributed by atoms with Gasteiger partial charge in [-0.25, -0.2) is 0 Å². The highest BCUT2D eigenvalue weighted by Gasteiger charge is 2.12. The molecule has 0 bridgehead atoms. The zero-order valence-corrected chi connectivity index (χ0v) is 6.10. The first kappa shape index (κ1) is 7.96. The van der Waals surface area contributed by atoms with Crippen LogP contribution in [0.1, 0.15) is 27.7 Å². The Hall–Kier alpha value is -0.0400. The molecule has 0 aliphatic carbocycles. The molecule has 1 N–H and O–H groups in total. The number of aliphatic hydroxyl groups excluding tert-OH is 1. The minimum absolute atomic E-state index is 0.147. The largest absolute Gasteiger partial charge is 0.393 e. The highest BCUT2D eigenvalue weighted by Crippen LogP contribution is 2.18. The lowest BCUT2D eigenvalue weighted by Crippen LogP contribution is -2.15. The molecule has 0 aliphatic heterocycles. The van der Waals surface area contributed by atoms with Crippen molar-refractivity contribution in [3.8, 4) is 0 Å². The molecule has 0 saturated carbocycles. The molecular weight excluding hydrogens is 100 g/mol. The third kappa shape index (κ3) is 5.96. The van der Waals surface area contributed by atoms with E-state index in [2.05, 4.69) is 20.8 Å². The maximum atomic E-state index is 8.83. The van der Waals surface area contributed by atoms with Crippen LogP contribution in [0.2, 0.25) is 0 Å². The summed E-state index contributed by atoms with van der Waals surface area (Å²) < 4.78 is 0. The summed E-state index contributed by atoms with van der Waals surface area (Å²) in [6.45, 7) is 7.98. The Morgan fingerprint density at radius 3 is 1.75 bits per heavy atom. The molecule has 0 saturated heterocycles. The Labute approximate surface area is 51.7 Å². The summed E-state index contributed by atoms with van der Waals surface area (Å²) in [5, 5.41) is 8.83. The van der Waals surface area contributed by atoms with Gasteiger partial charge in [-0.05, 0) is 18.8 Å². The van der Waals surface area contributed by atoms with Crippen LogP contribution in [0.15, 0.2) is 0 Å². The molecule has 0 aromatic carbocycles. The van der Waals surface area contributed by atoms with Crippen molar-refractivity contribution >= 4 is 0 Å². The Morgan fingerprint density at radius 2 is 1.75 bits per heavy atom. The smallest absolute Gasteiger partial charge is 0.0549 e. The number of hydrogen-bond donors (Lipinski definition) is 1. The molecule has 1 unspecified atom stereocenters. The fraction of sp³-hybridized carbons (Fsp3) is 0.857. The van der Waals surface area contributed by atoms with Gasteiger partial charge in [-0.2, -0.15) is 0 Å². The van der Waals surface area contributed by atoms with Crippen LogP contribution < -0.4 is 0 Å². The predicted molar refractivity (Wildman–Crippen MR) is 35.4 cm³/mol. The van der Waals surface area contributed by atoms with E-state index in [1.54, 1.807) is 6.92 Å². The lowest BCUT2D eigenvalue weighted by atomic mass is 9.90. The van der Waals surface area contributed by atoms with E-state index in [9.17, 15) is 0 Å². The van der Waals surface area contributed by atoms with E-state index >= 15 is 0 Å². The Balaban J connectivity index is 3.39. The molecule has 0 aromatic rings. The van der Waals surface area contributed by atoms with Gasteiger partial charge in [0.15, 0.2) is 0 Å². The van der Waals surface area contributed by atoms with E-state index in [1.807, 2.05) is 6.42 Å². The minimum atomic E-state index is -0.282. The Morgan fingerprint density at radius 1 is 1.38 bits per heavy atom. The topological polar surface area (TPSA) is 20.2 Å². The fourth-order valence-corrected chi connectivity index (χ4v) is 0.724. The Bertz CT molecular complexity index is 59.3. The second-order valence-corrected chi connectivity index (χ2v) is 3.27. The number of aliphatic hydroxyl groups is 1. The van der Waals surface area contributed by atoms with Crippen molar-refractivity contribution < 1.29 is 5.11 Å². The first-order valence-corrected chi connectivity index (χ1v) is 2.96. The van der Waals surface area contributed by atoms with Crippen LogP contribution in [0.3, 0.4) is 0 Å². The molecule has 1 atom stereocenters. The fourth-order valence-electron chi connectivity index (χ4n) is 0.724. The van der Waals surface area contributed by atoms with Crippen LogP contribution in [0.25, 0.3) is 0 Å². The first-order valence-electron chi connectivity index (χ1n) is 2.96. The molecule has 0 spiro atoms. The van der Waals surface area contributed by atoms with Crippen molar-refractivity contribution in [2.24, 2.45) is 5.41 Å². The van der Waals surface area contributed by atoms with Crippen LogP contribution in [0.5, 0.6) is 0 Å². The van der Waals surface area contributed by atoms with Crippen LogP contribution in [-0.2, 0) is 0 Å². The summed E-state index contributed by atoms with van der Waals surface area (Å²) >= 11 is 0. The summed E-state index contributed by atoms with van der Waals surface area (Å²) in [4.78, 5) is 0. The van der Waals surface area contributed by atoms with E-state index in [0.29, 0.717) is 0 Å². The average Bonchev–Trinajstić information content (AvgIpc) is 1.21. The third-order valence-electron chi connectivity index (χ3n) is 0.741. The Kier molecular flexibility index (Phi) is 2.48. The summed E-state index contributed by atoms with van der Waals surface area (Å²) in [5.74, 6) is 0. The molecule has 0 heterocycles. The van der Waals surface area contributed by atoms with Gasteiger partial charge in [0.25, 0.3) is 0 Å². The number of hydrogen-bond acceptors (Lipinski definition) is 1. The molecule has 1 heteroatoms. The average molecular weight is 115 g/mol. The van der Waals surface area contributed by atoms with Gasteiger partial charge in [-0.3, -0.25) is 0 Å². The van der Waals surface area contributed by atoms with Crippen molar-refractivity contribution in [3.05, 3.63) is 6.42 Å². The van der Waals surface area contributed by atoms with Crippen molar-refractivity contribution in [1.29, 1.82) is 0 Å². The molecule has 0 fully saturated rings. The zero-order valence-electron chi connectivity index (χ0n) is 6.10.